The number of phenolic OH excluding ortho intramolecular Hbond substituents is 1. The van der Waals surface area contributed by atoms with Gasteiger partial charge in [0.25, 0.3) is 5.91 Å². The normalized spacial score (nSPS) is 10.6. The SMILES string of the molecule is COc1ccc(C(=O)N/N=C\c2ccc([N+](=O)[O-])o2)c(O)c1. The zero-order chi connectivity index (χ0) is 16.1. The highest BCUT2D eigenvalue weighted by atomic mass is 16.6. The molecule has 9 nitrogen and oxygen atoms in total. The van der Waals surface area contributed by atoms with Crippen LogP contribution in [0.4, 0.5) is 5.88 Å². The van der Waals surface area contributed by atoms with Gasteiger partial charge in [-0.2, -0.15) is 5.10 Å². The van der Waals surface area contributed by atoms with Crippen LogP contribution in [0.2, 0.25) is 0 Å². The Balaban J connectivity index is 2.02. The number of benzene rings is 1. The maximum Gasteiger partial charge on any atom is 0.433 e. The second-order valence-electron chi connectivity index (χ2n) is 4.02. The van der Waals surface area contributed by atoms with Gasteiger partial charge in [-0.15, -0.1) is 0 Å². The lowest BCUT2D eigenvalue weighted by Crippen LogP contribution is -2.17. The lowest BCUT2D eigenvalue weighted by Gasteiger charge is -2.05. The van der Waals surface area contributed by atoms with Gasteiger partial charge in [0, 0.05) is 6.07 Å². The number of carbonyl (C=O) groups excluding carboxylic acids is 1. The minimum Gasteiger partial charge on any atom is -0.507 e. The standard InChI is InChI=1S/C13H11N3O6/c1-21-8-2-4-10(11(17)6-8)13(18)15-14-7-9-3-5-12(22-9)16(19)20/h2-7,17H,1H3,(H,15,18)/b14-7-. The van der Waals surface area contributed by atoms with Crippen molar-refractivity contribution in [1.82, 2.24) is 5.43 Å². The second kappa shape index (κ2) is 6.39. The van der Waals surface area contributed by atoms with Gasteiger partial charge in [0.2, 0.25) is 0 Å². The molecule has 9 heteroatoms. The Bertz CT molecular complexity index is 737. The summed E-state index contributed by atoms with van der Waals surface area (Å²) in [5, 5.41) is 23.7. The van der Waals surface area contributed by atoms with Gasteiger partial charge in [0.15, 0.2) is 5.76 Å². The molecule has 0 fully saturated rings. The van der Waals surface area contributed by atoms with Crippen LogP contribution in [0.25, 0.3) is 0 Å². The third kappa shape index (κ3) is 3.39. The fourth-order valence-electron chi connectivity index (χ4n) is 1.55. The number of furan rings is 1. The Labute approximate surface area is 124 Å². The van der Waals surface area contributed by atoms with Crippen molar-refractivity contribution in [3.05, 3.63) is 51.8 Å². The highest BCUT2D eigenvalue weighted by Crippen LogP contribution is 2.23. The van der Waals surface area contributed by atoms with Crippen LogP contribution in [-0.2, 0) is 0 Å². The first-order valence-electron chi connectivity index (χ1n) is 5.96. The zero-order valence-corrected chi connectivity index (χ0v) is 11.3. The van der Waals surface area contributed by atoms with E-state index in [4.69, 9.17) is 9.15 Å². The molecule has 1 heterocycles. The van der Waals surface area contributed by atoms with Crippen molar-refractivity contribution in [1.29, 1.82) is 0 Å². The molecule has 0 saturated carbocycles. The van der Waals surface area contributed by atoms with E-state index in [1.165, 1.54) is 37.4 Å². The molecule has 0 spiro atoms. The maximum absolute atomic E-state index is 11.8. The third-order valence-electron chi connectivity index (χ3n) is 2.60. The Morgan fingerprint density at radius 1 is 1.45 bits per heavy atom. The van der Waals surface area contributed by atoms with Crippen molar-refractivity contribution in [2.75, 3.05) is 7.11 Å². The van der Waals surface area contributed by atoms with Crippen LogP contribution in [-0.4, -0.2) is 29.3 Å². The van der Waals surface area contributed by atoms with Gasteiger partial charge in [-0.05, 0) is 18.2 Å². The number of carbonyl (C=O) groups is 1. The molecule has 114 valence electrons. The summed E-state index contributed by atoms with van der Waals surface area (Å²) in [4.78, 5) is 21.5. The second-order valence-corrected chi connectivity index (χ2v) is 4.02. The van der Waals surface area contributed by atoms with E-state index in [-0.39, 0.29) is 17.1 Å². The number of methoxy groups -OCH3 is 1. The van der Waals surface area contributed by atoms with E-state index in [2.05, 4.69) is 10.5 Å². The summed E-state index contributed by atoms with van der Waals surface area (Å²) < 4.78 is 9.72. The van der Waals surface area contributed by atoms with E-state index in [0.717, 1.165) is 6.21 Å². The highest BCUT2D eigenvalue weighted by molar-refractivity contribution is 5.97. The number of rotatable bonds is 5. The van der Waals surface area contributed by atoms with Crippen molar-refractivity contribution in [2.45, 2.75) is 0 Å². The Morgan fingerprint density at radius 2 is 2.23 bits per heavy atom. The van der Waals surface area contributed by atoms with Gasteiger partial charge in [-0.1, -0.05) is 0 Å². The quantitative estimate of drug-likeness (QED) is 0.491. The molecule has 0 aliphatic carbocycles. The fraction of sp³-hybridized carbons (Fsp3) is 0.0769. The molecule has 1 aromatic carbocycles. The molecule has 0 saturated heterocycles. The van der Waals surface area contributed by atoms with Crippen LogP contribution in [0.15, 0.2) is 39.9 Å². The van der Waals surface area contributed by atoms with E-state index < -0.39 is 16.7 Å². The van der Waals surface area contributed by atoms with Gasteiger partial charge < -0.3 is 14.3 Å². The molecule has 0 aliphatic rings. The number of hydrazone groups is 1. The molecule has 0 bridgehead atoms. The van der Waals surface area contributed by atoms with Crippen molar-refractivity contribution in [3.63, 3.8) is 0 Å². The average Bonchev–Trinajstić information content (AvgIpc) is 2.96. The van der Waals surface area contributed by atoms with Crippen molar-refractivity contribution < 1.29 is 24.0 Å². The first-order valence-corrected chi connectivity index (χ1v) is 5.96. The number of aromatic hydroxyl groups is 1. The van der Waals surface area contributed by atoms with E-state index >= 15 is 0 Å². The van der Waals surface area contributed by atoms with Crippen LogP contribution < -0.4 is 10.2 Å². The van der Waals surface area contributed by atoms with E-state index in [9.17, 15) is 20.0 Å². The largest absolute Gasteiger partial charge is 0.507 e. The molecular formula is C13H11N3O6. The minimum atomic E-state index is -0.689. The summed E-state index contributed by atoms with van der Waals surface area (Å²) in [6.45, 7) is 0. The van der Waals surface area contributed by atoms with Crippen LogP contribution in [0.1, 0.15) is 16.1 Å². The lowest BCUT2D eigenvalue weighted by atomic mass is 10.2. The summed E-state index contributed by atoms with van der Waals surface area (Å²) in [6, 6.07) is 6.66. The minimum absolute atomic E-state index is 0.00313. The molecule has 1 amide bonds. The number of nitro groups is 1. The molecule has 0 radical (unpaired) electrons. The number of hydrogen-bond acceptors (Lipinski definition) is 7. The molecule has 22 heavy (non-hydrogen) atoms. The number of phenols is 1. The van der Waals surface area contributed by atoms with Gasteiger partial charge in [-0.3, -0.25) is 14.9 Å². The maximum atomic E-state index is 11.8. The molecule has 2 aromatic rings. The lowest BCUT2D eigenvalue weighted by molar-refractivity contribution is -0.402. The summed E-state index contributed by atoms with van der Waals surface area (Å²) in [5.74, 6) is -0.842. The molecule has 0 aliphatic heterocycles. The third-order valence-corrected chi connectivity index (χ3v) is 2.60. The Hall–Kier alpha value is -3.36. The number of amides is 1. The fourth-order valence-corrected chi connectivity index (χ4v) is 1.55. The molecule has 0 unspecified atom stereocenters. The Morgan fingerprint density at radius 3 is 2.82 bits per heavy atom. The molecule has 2 rings (SSSR count). The summed E-state index contributed by atoms with van der Waals surface area (Å²) >= 11 is 0. The van der Waals surface area contributed by atoms with Gasteiger partial charge >= 0.3 is 5.88 Å². The molecule has 2 N–H and O–H groups in total. The molecule has 1 aromatic heterocycles. The Kier molecular flexibility index (Phi) is 4.37. The van der Waals surface area contributed by atoms with Crippen LogP contribution in [0.3, 0.4) is 0 Å². The van der Waals surface area contributed by atoms with Crippen LogP contribution in [0, 0.1) is 10.1 Å². The van der Waals surface area contributed by atoms with Gasteiger partial charge in [0.05, 0.1) is 25.0 Å². The topological polar surface area (TPSA) is 127 Å². The highest BCUT2D eigenvalue weighted by Gasteiger charge is 2.12. The van der Waals surface area contributed by atoms with E-state index in [0.29, 0.717) is 5.75 Å². The van der Waals surface area contributed by atoms with E-state index in [1.807, 2.05) is 0 Å². The van der Waals surface area contributed by atoms with Gasteiger partial charge in [0.1, 0.15) is 16.4 Å². The number of nitrogens with zero attached hydrogens (tertiary/aromatic N) is 2. The van der Waals surface area contributed by atoms with Crippen molar-refractivity contribution in [2.24, 2.45) is 5.10 Å². The smallest absolute Gasteiger partial charge is 0.433 e. The predicted octanol–water partition coefficient (Wildman–Crippen LogP) is 1.67. The summed E-state index contributed by atoms with van der Waals surface area (Å²) in [6.07, 6.45) is 1.10. The average molecular weight is 305 g/mol. The molecule has 0 atom stereocenters. The first-order chi connectivity index (χ1) is 10.5. The summed E-state index contributed by atoms with van der Waals surface area (Å²) in [5.41, 5.74) is 2.17. The first kappa shape index (κ1) is 15.0. The zero-order valence-electron chi connectivity index (χ0n) is 11.3. The van der Waals surface area contributed by atoms with Crippen LogP contribution >= 0.6 is 0 Å². The van der Waals surface area contributed by atoms with Crippen molar-refractivity contribution >= 4 is 18.0 Å². The molecular weight excluding hydrogens is 294 g/mol. The summed E-state index contributed by atoms with van der Waals surface area (Å²) in [7, 11) is 1.43. The number of hydrogen-bond donors (Lipinski definition) is 2. The van der Waals surface area contributed by atoms with Gasteiger partial charge in [-0.25, -0.2) is 5.43 Å². The number of nitrogens with one attached hydrogen (secondary N) is 1. The number of ether oxygens (including phenoxy) is 1. The van der Waals surface area contributed by atoms with Crippen LogP contribution in [0.5, 0.6) is 11.5 Å². The predicted molar refractivity (Wildman–Crippen MR) is 75.1 cm³/mol. The van der Waals surface area contributed by atoms with E-state index in [1.54, 1.807) is 0 Å². The van der Waals surface area contributed by atoms with Crippen molar-refractivity contribution in [3.8, 4) is 11.5 Å². The monoisotopic (exact) mass is 305 g/mol.